The summed E-state index contributed by atoms with van der Waals surface area (Å²) in [5.74, 6) is -1.11. The van der Waals surface area contributed by atoms with Gasteiger partial charge in [-0.2, -0.15) is 0 Å². The van der Waals surface area contributed by atoms with E-state index in [2.05, 4.69) is 19.6 Å². The monoisotopic (exact) mass is 277 g/mol. The first-order chi connectivity index (χ1) is 8.91. The van der Waals surface area contributed by atoms with Crippen LogP contribution in [0.3, 0.4) is 0 Å². The van der Waals surface area contributed by atoms with Crippen LogP contribution in [0.4, 0.5) is 4.79 Å². The zero-order valence-corrected chi connectivity index (χ0v) is 10.5. The van der Waals surface area contributed by atoms with Gasteiger partial charge in [0.1, 0.15) is 0 Å². The fourth-order valence-electron chi connectivity index (χ4n) is 1.25. The van der Waals surface area contributed by atoms with Crippen LogP contribution in [0.25, 0.3) is 0 Å². The zero-order chi connectivity index (χ0) is 14.4. The summed E-state index contributed by atoms with van der Waals surface area (Å²) in [6, 6.07) is -0.906. The molecule has 0 aromatic rings. The van der Waals surface area contributed by atoms with Gasteiger partial charge in [-0.1, -0.05) is 0 Å². The molecule has 1 unspecified atom stereocenters. The lowest BCUT2D eigenvalue weighted by atomic mass is 10.1. The lowest BCUT2D eigenvalue weighted by molar-refractivity contribution is -0.729. The van der Waals surface area contributed by atoms with Gasteiger partial charge >= 0.3 is 12.1 Å². The first-order valence-corrected chi connectivity index (χ1v) is 5.54. The third-order valence-corrected chi connectivity index (χ3v) is 2.19. The third-order valence-electron chi connectivity index (χ3n) is 2.19. The molecule has 0 aromatic heterocycles. The van der Waals surface area contributed by atoms with Gasteiger partial charge in [0.15, 0.2) is 6.04 Å². The number of nitrogens with zero attached hydrogens (tertiary/aromatic N) is 3. The first kappa shape index (κ1) is 14.8. The molecule has 19 heavy (non-hydrogen) atoms. The molecule has 108 valence electrons. The maximum Gasteiger partial charge on any atom is 0.511 e. The highest BCUT2D eigenvalue weighted by Crippen LogP contribution is 2.17. The molecule has 0 bridgehead atoms. The summed E-state index contributed by atoms with van der Waals surface area (Å²) < 4.78 is 9.05. The van der Waals surface area contributed by atoms with Gasteiger partial charge in [-0.3, -0.25) is 0 Å². The van der Waals surface area contributed by atoms with Crippen molar-refractivity contribution in [2.75, 3.05) is 13.3 Å². The average molecular weight is 277 g/mol. The molecule has 1 aliphatic heterocycles. The van der Waals surface area contributed by atoms with E-state index in [9.17, 15) is 14.8 Å². The molecular weight excluding hydrogens is 262 g/mol. The standard InChI is InChI=1S/C9H15N3O7/c1-6(2)19-9(15)17-5-18-10-12(16)11-4-3-7(11)8(13)14/h6-7H,3-5H2,1-2H3,(H,13,14)/b12-10-. The Bertz CT molecular complexity index is 371. The van der Waals surface area contributed by atoms with Crippen molar-refractivity contribution < 1.29 is 34.0 Å². The van der Waals surface area contributed by atoms with Gasteiger partial charge in [0.25, 0.3) is 6.79 Å². The second-order valence-corrected chi connectivity index (χ2v) is 3.95. The minimum atomic E-state index is -1.11. The summed E-state index contributed by atoms with van der Waals surface area (Å²) in [5.41, 5.74) is 0. The first-order valence-electron chi connectivity index (χ1n) is 5.54. The Morgan fingerprint density at radius 2 is 2.26 bits per heavy atom. The Balaban J connectivity index is 2.25. The van der Waals surface area contributed by atoms with Gasteiger partial charge in [-0.25, -0.2) is 9.59 Å². The van der Waals surface area contributed by atoms with Crippen LogP contribution >= 0.6 is 0 Å². The van der Waals surface area contributed by atoms with E-state index in [4.69, 9.17) is 5.11 Å². The Kier molecular flexibility index (Phi) is 5.15. The molecule has 1 heterocycles. The highest BCUT2D eigenvalue weighted by atomic mass is 16.8. The van der Waals surface area contributed by atoms with Gasteiger partial charge in [0.05, 0.1) is 17.6 Å². The van der Waals surface area contributed by atoms with Crippen molar-refractivity contribution in [3.05, 3.63) is 5.21 Å². The topological polar surface area (TPSA) is 124 Å². The molecule has 0 spiro atoms. The van der Waals surface area contributed by atoms with Crippen molar-refractivity contribution in [2.24, 2.45) is 5.28 Å². The normalized spacial score (nSPS) is 18.8. The summed E-state index contributed by atoms with van der Waals surface area (Å²) in [7, 11) is 0. The van der Waals surface area contributed by atoms with Gasteiger partial charge in [0.2, 0.25) is 5.28 Å². The molecule has 1 N–H and O–H groups in total. The average Bonchev–Trinajstić information content (AvgIpc) is 2.20. The minimum absolute atomic E-state index is 0.0133. The number of aliphatic carboxylic acids is 1. The smallest absolute Gasteiger partial charge is 0.511 e. The second kappa shape index (κ2) is 6.61. The zero-order valence-electron chi connectivity index (χ0n) is 10.5. The molecule has 0 aliphatic carbocycles. The van der Waals surface area contributed by atoms with E-state index in [1.165, 1.54) is 0 Å². The van der Waals surface area contributed by atoms with Crippen LogP contribution in [0.5, 0.6) is 0 Å². The maximum absolute atomic E-state index is 11.3. The number of ether oxygens (including phenoxy) is 2. The lowest BCUT2D eigenvalue weighted by Gasteiger charge is -2.31. The summed E-state index contributed by atoms with van der Waals surface area (Å²) >= 11 is 0. The quantitative estimate of drug-likeness (QED) is 0.185. The fourth-order valence-corrected chi connectivity index (χ4v) is 1.25. The van der Waals surface area contributed by atoms with Crippen LogP contribution < -0.4 is 0 Å². The van der Waals surface area contributed by atoms with E-state index in [1.807, 2.05) is 0 Å². The molecule has 0 radical (unpaired) electrons. The number of carbonyl (C=O) groups is 2. The second-order valence-electron chi connectivity index (χ2n) is 3.95. The highest BCUT2D eigenvalue weighted by molar-refractivity contribution is 5.74. The number of hydrogen-bond acceptors (Lipinski definition) is 7. The molecule has 0 saturated carbocycles. The number of hydrogen-bond donors (Lipinski definition) is 1. The van der Waals surface area contributed by atoms with Gasteiger partial charge in [-0.05, 0) is 13.8 Å². The van der Waals surface area contributed by atoms with Crippen molar-refractivity contribution in [2.45, 2.75) is 32.4 Å². The van der Waals surface area contributed by atoms with E-state index >= 15 is 0 Å². The SMILES string of the molecule is CC(C)OC(=O)OCO/N=[N+](\[O-])N1CCC1C(=O)O. The molecule has 1 atom stereocenters. The number of carboxylic acid groups (broad SMARTS) is 1. The molecular formula is C9H15N3O7. The fraction of sp³-hybridized carbons (Fsp3) is 0.778. The number of carboxylic acids is 1. The molecule has 10 heteroatoms. The van der Waals surface area contributed by atoms with Gasteiger partial charge < -0.3 is 24.6 Å². The third kappa shape index (κ3) is 4.48. The Hall–Kier alpha value is -2.26. The number of hydrazine groups is 1. The molecule has 0 aromatic carbocycles. The molecule has 1 fully saturated rings. The number of rotatable bonds is 6. The van der Waals surface area contributed by atoms with Crippen molar-refractivity contribution >= 4 is 12.1 Å². The van der Waals surface area contributed by atoms with Crippen LogP contribution in [0, 0.1) is 5.21 Å². The summed E-state index contributed by atoms with van der Waals surface area (Å²) in [4.78, 5) is 26.0. The van der Waals surface area contributed by atoms with E-state index in [0.29, 0.717) is 6.42 Å². The summed E-state index contributed by atoms with van der Waals surface area (Å²) in [6.07, 6.45) is -0.922. The molecule has 10 nitrogen and oxygen atoms in total. The van der Waals surface area contributed by atoms with E-state index < -0.39 is 25.0 Å². The van der Waals surface area contributed by atoms with Crippen LogP contribution in [0.1, 0.15) is 20.3 Å². The van der Waals surface area contributed by atoms with Crippen LogP contribution in [-0.2, 0) is 19.1 Å². The molecule has 1 saturated heterocycles. The van der Waals surface area contributed by atoms with Crippen molar-refractivity contribution in [1.82, 2.24) is 5.01 Å². The minimum Gasteiger partial charge on any atom is -0.569 e. The van der Waals surface area contributed by atoms with E-state index in [-0.39, 0.29) is 17.6 Å². The Labute approximate surface area is 108 Å². The van der Waals surface area contributed by atoms with Crippen molar-refractivity contribution in [3.8, 4) is 0 Å². The van der Waals surface area contributed by atoms with Crippen LogP contribution in [-0.4, -0.2) is 52.7 Å². The predicted molar refractivity (Wildman–Crippen MR) is 57.5 cm³/mol. The van der Waals surface area contributed by atoms with E-state index in [1.54, 1.807) is 13.8 Å². The number of carbonyl (C=O) groups excluding carboxylic acids is 1. The molecule has 1 aliphatic rings. The van der Waals surface area contributed by atoms with Crippen molar-refractivity contribution in [3.63, 3.8) is 0 Å². The predicted octanol–water partition coefficient (Wildman–Crippen LogP) is 0.473. The highest BCUT2D eigenvalue weighted by Gasteiger charge is 2.41. The van der Waals surface area contributed by atoms with E-state index in [0.717, 1.165) is 5.01 Å². The lowest BCUT2D eigenvalue weighted by Crippen LogP contribution is -2.55. The van der Waals surface area contributed by atoms with Crippen LogP contribution in [0.2, 0.25) is 0 Å². The Morgan fingerprint density at radius 3 is 2.74 bits per heavy atom. The van der Waals surface area contributed by atoms with Gasteiger partial charge in [-0.15, -0.1) is 5.01 Å². The van der Waals surface area contributed by atoms with Crippen LogP contribution in [0.15, 0.2) is 5.28 Å². The maximum atomic E-state index is 11.3. The largest absolute Gasteiger partial charge is 0.569 e. The molecule has 0 amide bonds. The van der Waals surface area contributed by atoms with Gasteiger partial charge in [0, 0.05) is 6.42 Å². The summed E-state index contributed by atoms with van der Waals surface area (Å²) in [5, 5.41) is 24.0. The summed E-state index contributed by atoms with van der Waals surface area (Å²) in [6.45, 7) is 2.95. The van der Waals surface area contributed by atoms with Crippen molar-refractivity contribution in [1.29, 1.82) is 0 Å². The Morgan fingerprint density at radius 1 is 1.58 bits per heavy atom. The molecule has 1 rings (SSSR count).